The Kier molecular flexibility index (Phi) is 4.96. The second-order valence-corrected chi connectivity index (χ2v) is 6.33. The number of hydrogen-bond acceptors (Lipinski definition) is 5. The van der Waals surface area contributed by atoms with Crippen LogP contribution < -0.4 is 20.9 Å². The van der Waals surface area contributed by atoms with E-state index in [0.717, 1.165) is 0 Å². The first-order valence-electron chi connectivity index (χ1n) is 5.94. The highest BCUT2D eigenvalue weighted by Crippen LogP contribution is 2.24. The van der Waals surface area contributed by atoms with Gasteiger partial charge in [0.25, 0.3) is 0 Å². The molecule has 0 saturated carbocycles. The van der Waals surface area contributed by atoms with Gasteiger partial charge in [0.15, 0.2) is 0 Å². The van der Waals surface area contributed by atoms with Crippen LogP contribution in [0, 0.1) is 5.92 Å². The van der Waals surface area contributed by atoms with Gasteiger partial charge in [-0.1, -0.05) is 13.8 Å². The molecule has 0 bridgehead atoms. The van der Waals surface area contributed by atoms with Gasteiger partial charge >= 0.3 is 0 Å². The number of nitrogens with two attached hydrogens (primary N) is 2. The van der Waals surface area contributed by atoms with Crippen LogP contribution in [0.4, 0.5) is 5.69 Å². The Morgan fingerprint density at radius 2 is 1.95 bits per heavy atom. The van der Waals surface area contributed by atoms with E-state index in [4.69, 9.17) is 16.2 Å². The van der Waals surface area contributed by atoms with Crippen LogP contribution in [0.5, 0.6) is 5.75 Å². The van der Waals surface area contributed by atoms with E-state index in [1.807, 2.05) is 0 Å². The number of ether oxygens (including phenoxy) is 1. The maximum Gasteiger partial charge on any atom is 0.243 e. The molecule has 20 heavy (non-hydrogen) atoms. The molecule has 1 amide bonds. The Labute approximate surface area is 118 Å². The summed E-state index contributed by atoms with van der Waals surface area (Å²) >= 11 is 0. The van der Waals surface area contributed by atoms with Gasteiger partial charge in [0, 0.05) is 6.07 Å². The Bertz CT molecular complexity index is 599. The summed E-state index contributed by atoms with van der Waals surface area (Å²) in [6.07, 6.45) is 0. The standard InChI is InChI=1S/C12H19N3O4S/c1-7(2)11(12(14)16)15-20(17,18)10-5-4-8(19-3)6-9(10)13/h4-7,11,15H,13H2,1-3H3,(H2,14,16). The van der Waals surface area contributed by atoms with Gasteiger partial charge in [-0.05, 0) is 18.1 Å². The molecule has 0 radical (unpaired) electrons. The van der Waals surface area contributed by atoms with Crippen molar-refractivity contribution in [3.8, 4) is 5.75 Å². The highest BCUT2D eigenvalue weighted by molar-refractivity contribution is 7.89. The molecule has 0 heterocycles. The summed E-state index contributed by atoms with van der Waals surface area (Å²) in [5, 5.41) is 0. The van der Waals surface area contributed by atoms with Crippen molar-refractivity contribution >= 4 is 21.6 Å². The summed E-state index contributed by atoms with van der Waals surface area (Å²) in [5.74, 6) is -0.575. The third kappa shape index (κ3) is 3.61. The second kappa shape index (κ2) is 6.10. The van der Waals surface area contributed by atoms with Crippen LogP contribution in [0.25, 0.3) is 0 Å². The lowest BCUT2D eigenvalue weighted by Gasteiger charge is -2.19. The highest BCUT2D eigenvalue weighted by Gasteiger charge is 2.27. The van der Waals surface area contributed by atoms with Crippen molar-refractivity contribution < 1.29 is 17.9 Å². The first kappa shape index (κ1) is 16.3. The average Bonchev–Trinajstić information content (AvgIpc) is 2.34. The third-order valence-corrected chi connectivity index (χ3v) is 4.28. The molecule has 7 nitrogen and oxygen atoms in total. The second-order valence-electron chi connectivity index (χ2n) is 4.65. The fourth-order valence-corrected chi connectivity index (χ4v) is 3.12. The van der Waals surface area contributed by atoms with E-state index in [1.54, 1.807) is 13.8 Å². The fraction of sp³-hybridized carbons (Fsp3) is 0.417. The molecule has 1 aromatic rings. The molecular formula is C12H19N3O4S. The number of methoxy groups -OCH3 is 1. The van der Waals surface area contributed by atoms with E-state index >= 15 is 0 Å². The van der Waals surface area contributed by atoms with Crippen LogP contribution in [0.2, 0.25) is 0 Å². The van der Waals surface area contributed by atoms with Crippen LogP contribution in [0.3, 0.4) is 0 Å². The number of rotatable bonds is 6. The van der Waals surface area contributed by atoms with E-state index < -0.39 is 22.0 Å². The zero-order valence-corrected chi connectivity index (χ0v) is 12.4. The molecule has 1 unspecified atom stereocenters. The Morgan fingerprint density at radius 3 is 2.35 bits per heavy atom. The first-order chi connectivity index (χ1) is 9.19. The predicted molar refractivity (Wildman–Crippen MR) is 75.5 cm³/mol. The lowest BCUT2D eigenvalue weighted by atomic mass is 10.1. The summed E-state index contributed by atoms with van der Waals surface area (Å²) < 4.78 is 31.7. The maximum absolute atomic E-state index is 12.2. The maximum atomic E-state index is 12.2. The number of nitrogen functional groups attached to an aromatic ring is 1. The Morgan fingerprint density at radius 1 is 1.35 bits per heavy atom. The molecule has 1 aromatic carbocycles. The van der Waals surface area contributed by atoms with Gasteiger partial charge < -0.3 is 16.2 Å². The molecule has 1 atom stereocenters. The van der Waals surface area contributed by atoms with Gasteiger partial charge in [0.1, 0.15) is 16.7 Å². The van der Waals surface area contributed by atoms with Crippen LogP contribution in [0.15, 0.2) is 23.1 Å². The summed E-state index contributed by atoms with van der Waals surface area (Å²) in [6.45, 7) is 3.38. The van der Waals surface area contributed by atoms with E-state index in [0.29, 0.717) is 5.75 Å². The summed E-state index contributed by atoms with van der Waals surface area (Å²) in [5.41, 5.74) is 10.9. The summed E-state index contributed by atoms with van der Waals surface area (Å²) in [7, 11) is -2.49. The Hall–Kier alpha value is -1.80. The molecular weight excluding hydrogens is 282 g/mol. The van der Waals surface area contributed by atoms with Crippen LogP contribution in [-0.2, 0) is 14.8 Å². The summed E-state index contributed by atoms with van der Waals surface area (Å²) in [4.78, 5) is 11.2. The fourth-order valence-electron chi connectivity index (χ4n) is 1.65. The van der Waals surface area contributed by atoms with E-state index in [9.17, 15) is 13.2 Å². The predicted octanol–water partition coefficient (Wildman–Crippen LogP) is 0.0656. The van der Waals surface area contributed by atoms with Crippen molar-refractivity contribution in [2.75, 3.05) is 12.8 Å². The minimum atomic E-state index is -3.94. The number of carbonyl (C=O) groups excluding carboxylic acids is 1. The number of anilines is 1. The molecule has 112 valence electrons. The van der Waals surface area contributed by atoms with Crippen LogP contribution in [0.1, 0.15) is 13.8 Å². The molecule has 0 spiro atoms. The number of amides is 1. The van der Waals surface area contributed by atoms with Gasteiger partial charge in [0.05, 0.1) is 12.8 Å². The quantitative estimate of drug-likeness (QED) is 0.641. The third-order valence-electron chi connectivity index (χ3n) is 2.76. The molecule has 8 heteroatoms. The normalized spacial score (nSPS) is 13.2. The minimum absolute atomic E-state index is 0.0313. The SMILES string of the molecule is COc1ccc(S(=O)(=O)NC(C(N)=O)C(C)C)c(N)c1. The number of sulfonamides is 1. The molecule has 0 fully saturated rings. The zero-order valence-electron chi connectivity index (χ0n) is 11.6. The van der Waals surface area contributed by atoms with Gasteiger partial charge in [0.2, 0.25) is 15.9 Å². The smallest absolute Gasteiger partial charge is 0.243 e. The molecule has 0 aliphatic heterocycles. The molecule has 0 saturated heterocycles. The van der Waals surface area contributed by atoms with Crippen LogP contribution in [-0.4, -0.2) is 27.5 Å². The highest BCUT2D eigenvalue weighted by atomic mass is 32.2. The first-order valence-corrected chi connectivity index (χ1v) is 7.42. The average molecular weight is 301 g/mol. The van der Waals surface area contributed by atoms with Crippen molar-refractivity contribution in [2.24, 2.45) is 11.7 Å². The summed E-state index contributed by atoms with van der Waals surface area (Å²) in [6, 6.07) is 3.18. The number of carbonyl (C=O) groups is 1. The number of benzene rings is 1. The largest absolute Gasteiger partial charge is 0.497 e. The monoisotopic (exact) mass is 301 g/mol. The van der Waals surface area contributed by atoms with Gasteiger partial charge in [-0.2, -0.15) is 4.72 Å². The van der Waals surface area contributed by atoms with Crippen molar-refractivity contribution in [1.29, 1.82) is 0 Å². The van der Waals surface area contributed by atoms with Gasteiger partial charge in [-0.3, -0.25) is 4.79 Å². The molecule has 0 aliphatic carbocycles. The van der Waals surface area contributed by atoms with Gasteiger partial charge in [-0.25, -0.2) is 8.42 Å². The number of nitrogens with one attached hydrogen (secondary N) is 1. The van der Waals surface area contributed by atoms with E-state index in [1.165, 1.54) is 25.3 Å². The van der Waals surface area contributed by atoms with Crippen molar-refractivity contribution in [1.82, 2.24) is 4.72 Å². The number of primary amides is 1. The topological polar surface area (TPSA) is 125 Å². The van der Waals surface area contributed by atoms with E-state index in [-0.39, 0.29) is 16.5 Å². The molecule has 5 N–H and O–H groups in total. The Balaban J connectivity index is 3.14. The lowest BCUT2D eigenvalue weighted by Crippen LogP contribution is -2.47. The van der Waals surface area contributed by atoms with E-state index in [2.05, 4.69) is 4.72 Å². The van der Waals surface area contributed by atoms with Crippen molar-refractivity contribution in [2.45, 2.75) is 24.8 Å². The lowest BCUT2D eigenvalue weighted by molar-refractivity contribution is -0.120. The van der Waals surface area contributed by atoms with Crippen molar-refractivity contribution in [3.05, 3.63) is 18.2 Å². The molecule has 0 aliphatic rings. The van der Waals surface area contributed by atoms with Crippen molar-refractivity contribution in [3.63, 3.8) is 0 Å². The number of hydrogen-bond donors (Lipinski definition) is 3. The zero-order chi connectivity index (χ0) is 15.5. The minimum Gasteiger partial charge on any atom is -0.497 e. The van der Waals surface area contributed by atoms with Crippen LogP contribution >= 0.6 is 0 Å². The van der Waals surface area contributed by atoms with Gasteiger partial charge in [-0.15, -0.1) is 0 Å². The molecule has 1 rings (SSSR count). The molecule has 0 aromatic heterocycles.